The molecule has 0 heteroatoms. The Morgan fingerprint density at radius 1 is 0.818 bits per heavy atom. The summed E-state index contributed by atoms with van der Waals surface area (Å²) in [5, 5.41) is 0. The van der Waals surface area contributed by atoms with E-state index in [-0.39, 0.29) is 0 Å². The summed E-state index contributed by atoms with van der Waals surface area (Å²) in [5.74, 6) is 6.89. The van der Waals surface area contributed by atoms with E-state index in [1.54, 1.807) is 12.8 Å². The van der Waals surface area contributed by atoms with Crippen molar-refractivity contribution in [2.75, 3.05) is 0 Å². The second kappa shape index (κ2) is 1.44. The first-order valence-electron chi connectivity index (χ1n) is 5.12. The molecule has 58 valence electrons. The number of allylic oxidation sites excluding steroid dienone is 2. The molecule has 2 bridgehead atoms. The maximum absolute atomic E-state index is 2.53. The molecule has 11 heavy (non-hydrogen) atoms. The molecule has 0 N–H and O–H groups in total. The Balaban J connectivity index is 1.82. The zero-order chi connectivity index (χ0) is 7.00. The predicted octanol–water partition coefficient (Wildman–Crippen LogP) is 2.46. The van der Waals surface area contributed by atoms with E-state index in [0.717, 1.165) is 17.8 Å². The Bertz CT molecular complexity index is 240. The van der Waals surface area contributed by atoms with E-state index in [1.807, 2.05) is 0 Å². The third-order valence-electron chi connectivity index (χ3n) is 4.84. The summed E-state index contributed by atoms with van der Waals surface area (Å²) in [6.45, 7) is 0. The Morgan fingerprint density at radius 3 is 2.55 bits per heavy atom. The van der Waals surface area contributed by atoms with Crippen LogP contribution < -0.4 is 0 Å². The average Bonchev–Trinajstić information content (AvgIpc) is 2.46. The molecule has 6 atom stereocenters. The van der Waals surface area contributed by atoms with Gasteiger partial charge in [-0.2, -0.15) is 0 Å². The van der Waals surface area contributed by atoms with Gasteiger partial charge in [0.1, 0.15) is 0 Å². The second-order valence-electron chi connectivity index (χ2n) is 5.03. The van der Waals surface area contributed by atoms with Crippen molar-refractivity contribution in [3.63, 3.8) is 0 Å². The molecule has 0 aromatic carbocycles. The first-order chi connectivity index (χ1) is 5.45. The van der Waals surface area contributed by atoms with Gasteiger partial charge in [0.15, 0.2) is 0 Å². The van der Waals surface area contributed by atoms with E-state index in [4.69, 9.17) is 0 Å². The van der Waals surface area contributed by atoms with Gasteiger partial charge in [-0.1, -0.05) is 12.2 Å². The third-order valence-corrected chi connectivity index (χ3v) is 4.84. The highest BCUT2D eigenvalue weighted by Gasteiger charge is 2.64. The van der Waals surface area contributed by atoms with Crippen LogP contribution in [-0.4, -0.2) is 0 Å². The van der Waals surface area contributed by atoms with E-state index >= 15 is 0 Å². The van der Waals surface area contributed by atoms with Gasteiger partial charge in [0, 0.05) is 0 Å². The summed E-state index contributed by atoms with van der Waals surface area (Å²) >= 11 is 0. The van der Waals surface area contributed by atoms with Crippen LogP contribution in [0.3, 0.4) is 0 Å². The number of fused-ring (bicyclic) bond motifs is 8. The van der Waals surface area contributed by atoms with Crippen LogP contribution in [0, 0.1) is 35.5 Å². The lowest BCUT2D eigenvalue weighted by Gasteiger charge is -2.23. The Kier molecular flexibility index (Phi) is 0.706. The zero-order valence-corrected chi connectivity index (χ0v) is 6.74. The lowest BCUT2D eigenvalue weighted by atomic mass is 9.82. The molecule has 0 amide bonds. The third kappa shape index (κ3) is 0.457. The molecule has 0 spiro atoms. The van der Waals surface area contributed by atoms with Crippen LogP contribution in [0.2, 0.25) is 0 Å². The molecule has 0 aliphatic heterocycles. The summed E-state index contributed by atoms with van der Waals surface area (Å²) in [6, 6.07) is 0. The monoisotopic (exact) mass is 146 g/mol. The van der Waals surface area contributed by atoms with Gasteiger partial charge in [-0.15, -0.1) is 0 Å². The average molecular weight is 146 g/mol. The highest BCUT2D eigenvalue weighted by atomic mass is 14.7. The summed E-state index contributed by atoms with van der Waals surface area (Å²) < 4.78 is 0. The minimum absolute atomic E-state index is 1.05. The van der Waals surface area contributed by atoms with Gasteiger partial charge >= 0.3 is 0 Å². The normalized spacial score (nSPS) is 68.4. The molecule has 0 aromatic rings. The summed E-state index contributed by atoms with van der Waals surface area (Å²) in [7, 11) is 0. The van der Waals surface area contributed by atoms with Crippen LogP contribution in [0.4, 0.5) is 0 Å². The maximum atomic E-state index is 2.53. The first kappa shape index (κ1) is 5.40. The highest BCUT2D eigenvalue weighted by Crippen LogP contribution is 2.71. The molecular weight excluding hydrogens is 132 g/mol. The fourth-order valence-corrected chi connectivity index (χ4v) is 4.43. The van der Waals surface area contributed by atoms with Gasteiger partial charge in [-0.05, 0) is 54.8 Å². The molecule has 0 radical (unpaired) electrons. The largest absolute Gasteiger partial charge is 0.0879 e. The number of hydrogen-bond acceptors (Lipinski definition) is 0. The van der Waals surface area contributed by atoms with E-state index in [1.165, 1.54) is 24.2 Å². The fourth-order valence-electron chi connectivity index (χ4n) is 4.43. The molecule has 3 fully saturated rings. The molecule has 0 heterocycles. The number of hydrogen-bond donors (Lipinski definition) is 0. The number of rotatable bonds is 0. The second-order valence-corrected chi connectivity index (χ2v) is 5.03. The lowest BCUT2D eigenvalue weighted by molar-refractivity contribution is 0.272. The SMILES string of the molecule is C1=CC2C(C1)[C@H]1C[C@@H]2[C@@H]2C[C@@H]21. The predicted molar refractivity (Wildman–Crippen MR) is 43.9 cm³/mol. The molecule has 0 nitrogen and oxygen atoms in total. The van der Waals surface area contributed by atoms with E-state index in [0.29, 0.717) is 0 Å². The van der Waals surface area contributed by atoms with Crippen molar-refractivity contribution in [2.24, 2.45) is 35.5 Å². The van der Waals surface area contributed by atoms with Crippen LogP contribution in [-0.2, 0) is 0 Å². The minimum Gasteiger partial charge on any atom is -0.0879 e. The topological polar surface area (TPSA) is 0 Å². The molecule has 4 rings (SSSR count). The Hall–Kier alpha value is -0.260. The Labute approximate surface area is 67.7 Å². The zero-order valence-electron chi connectivity index (χ0n) is 6.74. The van der Waals surface area contributed by atoms with Crippen molar-refractivity contribution < 1.29 is 0 Å². The van der Waals surface area contributed by atoms with E-state index in [9.17, 15) is 0 Å². The lowest BCUT2D eigenvalue weighted by Crippen LogP contribution is -2.18. The van der Waals surface area contributed by atoms with Gasteiger partial charge in [-0.3, -0.25) is 0 Å². The van der Waals surface area contributed by atoms with Crippen LogP contribution in [0.5, 0.6) is 0 Å². The molecular formula is C11H14. The summed E-state index contributed by atoms with van der Waals surface area (Å²) in [5.41, 5.74) is 0. The molecule has 2 unspecified atom stereocenters. The minimum atomic E-state index is 1.05. The van der Waals surface area contributed by atoms with Crippen LogP contribution in [0.1, 0.15) is 19.3 Å². The van der Waals surface area contributed by atoms with Gasteiger partial charge in [-0.25, -0.2) is 0 Å². The van der Waals surface area contributed by atoms with Crippen molar-refractivity contribution in [3.8, 4) is 0 Å². The first-order valence-corrected chi connectivity index (χ1v) is 5.12. The molecule has 4 aliphatic rings. The van der Waals surface area contributed by atoms with Crippen molar-refractivity contribution >= 4 is 0 Å². The fraction of sp³-hybridized carbons (Fsp3) is 0.818. The Morgan fingerprint density at radius 2 is 1.55 bits per heavy atom. The maximum Gasteiger partial charge on any atom is -0.0168 e. The van der Waals surface area contributed by atoms with E-state index in [2.05, 4.69) is 12.2 Å². The van der Waals surface area contributed by atoms with Crippen molar-refractivity contribution in [1.29, 1.82) is 0 Å². The van der Waals surface area contributed by atoms with Crippen LogP contribution in [0.15, 0.2) is 12.2 Å². The standard InChI is InChI=1S/C11H14/c1-2-6-7(3-1)9-4-8(6)10-5-11(9)10/h1-2,6-11H,3-5H2/t6?,7?,8-,9+,10-,11+/m0/s1. The van der Waals surface area contributed by atoms with Gasteiger partial charge in [0.2, 0.25) is 0 Å². The van der Waals surface area contributed by atoms with E-state index < -0.39 is 0 Å². The molecule has 4 aliphatic carbocycles. The van der Waals surface area contributed by atoms with Crippen molar-refractivity contribution in [3.05, 3.63) is 12.2 Å². The van der Waals surface area contributed by atoms with Gasteiger partial charge < -0.3 is 0 Å². The molecule has 0 aromatic heterocycles. The molecule has 3 saturated carbocycles. The van der Waals surface area contributed by atoms with Crippen LogP contribution >= 0.6 is 0 Å². The van der Waals surface area contributed by atoms with Crippen molar-refractivity contribution in [2.45, 2.75) is 19.3 Å². The summed E-state index contributed by atoms with van der Waals surface area (Å²) in [4.78, 5) is 0. The highest BCUT2D eigenvalue weighted by molar-refractivity contribution is 5.20. The van der Waals surface area contributed by atoms with Crippen LogP contribution in [0.25, 0.3) is 0 Å². The van der Waals surface area contributed by atoms with Gasteiger partial charge in [0.25, 0.3) is 0 Å². The quantitative estimate of drug-likeness (QED) is 0.460. The van der Waals surface area contributed by atoms with Gasteiger partial charge in [0.05, 0.1) is 0 Å². The van der Waals surface area contributed by atoms with Crippen molar-refractivity contribution in [1.82, 2.24) is 0 Å². The summed E-state index contributed by atoms with van der Waals surface area (Å²) in [6.07, 6.45) is 9.61. The smallest absolute Gasteiger partial charge is 0.0168 e. The molecule has 0 saturated heterocycles.